The van der Waals surface area contributed by atoms with E-state index in [4.69, 9.17) is 0 Å². The molecule has 130 valence electrons. The van der Waals surface area contributed by atoms with E-state index < -0.39 is 0 Å². The highest BCUT2D eigenvalue weighted by molar-refractivity contribution is 5.64. The lowest BCUT2D eigenvalue weighted by Gasteiger charge is -2.22. The fourth-order valence-corrected chi connectivity index (χ4v) is 2.33. The molecule has 0 radical (unpaired) electrons. The van der Waals surface area contributed by atoms with Gasteiger partial charge in [0.1, 0.15) is 5.82 Å². The first-order valence-corrected chi connectivity index (χ1v) is 8.45. The van der Waals surface area contributed by atoms with E-state index in [0.29, 0.717) is 5.95 Å². The summed E-state index contributed by atoms with van der Waals surface area (Å²) in [5.74, 6) is 1.51. The number of nitrogens with one attached hydrogen (secondary N) is 2. The molecule has 24 heavy (non-hydrogen) atoms. The molecule has 0 spiro atoms. The van der Waals surface area contributed by atoms with E-state index in [1.165, 1.54) is 0 Å². The van der Waals surface area contributed by atoms with Crippen molar-refractivity contribution in [3.8, 4) is 11.3 Å². The third-order valence-electron chi connectivity index (χ3n) is 3.36. The highest BCUT2D eigenvalue weighted by Gasteiger charge is 2.13. The van der Waals surface area contributed by atoms with Crippen molar-refractivity contribution in [1.29, 1.82) is 0 Å². The molecular weight excluding hydrogens is 298 g/mol. The van der Waals surface area contributed by atoms with Crippen LogP contribution in [-0.2, 0) is 0 Å². The Bertz CT molecular complexity index is 632. The van der Waals surface area contributed by atoms with Crippen molar-refractivity contribution in [3.63, 3.8) is 0 Å². The molecule has 1 aromatic heterocycles. The minimum absolute atomic E-state index is 0.0511. The minimum Gasteiger partial charge on any atom is -0.365 e. The van der Waals surface area contributed by atoms with Gasteiger partial charge in [0, 0.05) is 23.7 Å². The van der Waals surface area contributed by atoms with E-state index >= 15 is 0 Å². The summed E-state index contributed by atoms with van der Waals surface area (Å²) >= 11 is 0. The molecule has 2 N–H and O–H groups in total. The van der Waals surface area contributed by atoms with Crippen LogP contribution < -0.4 is 10.6 Å². The SMILES string of the molecule is CN(C)CCCNc1nc(NC(C)(C)C)cc(-c2ccccc2)n1. The molecule has 0 saturated heterocycles. The summed E-state index contributed by atoms with van der Waals surface area (Å²) in [4.78, 5) is 11.5. The quantitative estimate of drug-likeness (QED) is 0.759. The third kappa shape index (κ3) is 6.16. The molecular formula is C19H29N5. The molecule has 0 aliphatic carbocycles. The Morgan fingerprint density at radius 3 is 2.38 bits per heavy atom. The van der Waals surface area contributed by atoms with Crippen LogP contribution in [0.4, 0.5) is 11.8 Å². The van der Waals surface area contributed by atoms with Crippen molar-refractivity contribution in [1.82, 2.24) is 14.9 Å². The van der Waals surface area contributed by atoms with Crippen LogP contribution >= 0.6 is 0 Å². The predicted molar refractivity (Wildman–Crippen MR) is 103 cm³/mol. The normalized spacial score (nSPS) is 11.6. The van der Waals surface area contributed by atoms with Gasteiger partial charge in [-0.2, -0.15) is 4.98 Å². The Morgan fingerprint density at radius 2 is 1.75 bits per heavy atom. The summed E-state index contributed by atoms with van der Waals surface area (Å²) < 4.78 is 0. The number of rotatable bonds is 7. The Hall–Kier alpha value is -2.14. The van der Waals surface area contributed by atoms with Gasteiger partial charge in [-0.1, -0.05) is 30.3 Å². The Balaban J connectivity index is 2.20. The van der Waals surface area contributed by atoms with E-state index in [1.807, 2.05) is 24.3 Å². The minimum atomic E-state index is -0.0511. The highest BCUT2D eigenvalue weighted by atomic mass is 15.2. The van der Waals surface area contributed by atoms with Gasteiger partial charge in [-0.05, 0) is 47.8 Å². The standard InChI is InChI=1S/C19H29N5/c1-19(2,3)23-17-14-16(15-10-7-6-8-11-15)21-18(22-17)20-12-9-13-24(4)5/h6-8,10-11,14H,9,12-13H2,1-5H3,(H2,20,21,22,23). The summed E-state index contributed by atoms with van der Waals surface area (Å²) in [5.41, 5.74) is 1.96. The van der Waals surface area contributed by atoms with Crippen molar-refractivity contribution in [2.45, 2.75) is 32.7 Å². The monoisotopic (exact) mass is 327 g/mol. The molecule has 0 bridgehead atoms. The maximum atomic E-state index is 4.67. The molecule has 0 saturated carbocycles. The van der Waals surface area contributed by atoms with Gasteiger partial charge in [0.25, 0.3) is 0 Å². The number of nitrogens with zero attached hydrogens (tertiary/aromatic N) is 3. The van der Waals surface area contributed by atoms with Crippen molar-refractivity contribution in [3.05, 3.63) is 36.4 Å². The van der Waals surface area contributed by atoms with E-state index in [-0.39, 0.29) is 5.54 Å². The van der Waals surface area contributed by atoms with Crippen LogP contribution in [0.25, 0.3) is 11.3 Å². The van der Waals surface area contributed by atoms with E-state index in [0.717, 1.165) is 36.6 Å². The Labute approximate surface area is 145 Å². The summed E-state index contributed by atoms with van der Waals surface area (Å²) in [5, 5.41) is 6.79. The third-order valence-corrected chi connectivity index (χ3v) is 3.36. The number of benzene rings is 1. The molecule has 5 nitrogen and oxygen atoms in total. The number of hydrogen-bond donors (Lipinski definition) is 2. The van der Waals surface area contributed by atoms with E-state index in [1.54, 1.807) is 0 Å². The van der Waals surface area contributed by atoms with Gasteiger partial charge in [0.2, 0.25) is 5.95 Å². The molecule has 0 amide bonds. The van der Waals surface area contributed by atoms with Gasteiger partial charge in [-0.15, -0.1) is 0 Å². The van der Waals surface area contributed by atoms with Gasteiger partial charge in [-0.3, -0.25) is 0 Å². The van der Waals surface area contributed by atoms with E-state index in [2.05, 4.69) is 72.5 Å². The van der Waals surface area contributed by atoms with Crippen LogP contribution in [0.2, 0.25) is 0 Å². The number of aromatic nitrogens is 2. The second-order valence-electron chi connectivity index (χ2n) is 7.29. The molecule has 1 aromatic carbocycles. The first kappa shape index (κ1) is 18.2. The van der Waals surface area contributed by atoms with Crippen LogP contribution in [-0.4, -0.2) is 47.6 Å². The van der Waals surface area contributed by atoms with Crippen LogP contribution in [0, 0.1) is 0 Å². The maximum absolute atomic E-state index is 4.67. The van der Waals surface area contributed by atoms with Crippen LogP contribution in [0.1, 0.15) is 27.2 Å². The first-order valence-electron chi connectivity index (χ1n) is 8.45. The predicted octanol–water partition coefficient (Wildman–Crippen LogP) is 3.72. The summed E-state index contributed by atoms with van der Waals surface area (Å²) in [7, 11) is 4.16. The summed E-state index contributed by atoms with van der Waals surface area (Å²) in [6.45, 7) is 8.27. The molecule has 5 heteroatoms. The highest BCUT2D eigenvalue weighted by Crippen LogP contribution is 2.23. The molecule has 2 aromatic rings. The molecule has 2 rings (SSSR count). The van der Waals surface area contributed by atoms with Gasteiger partial charge in [-0.25, -0.2) is 4.98 Å². The average Bonchev–Trinajstić information content (AvgIpc) is 2.50. The average molecular weight is 327 g/mol. The van der Waals surface area contributed by atoms with Crippen molar-refractivity contribution in [2.75, 3.05) is 37.8 Å². The smallest absolute Gasteiger partial charge is 0.225 e. The molecule has 0 atom stereocenters. The lowest BCUT2D eigenvalue weighted by atomic mass is 10.1. The van der Waals surface area contributed by atoms with Crippen LogP contribution in [0.3, 0.4) is 0 Å². The zero-order valence-electron chi connectivity index (χ0n) is 15.4. The Morgan fingerprint density at radius 1 is 1.04 bits per heavy atom. The molecule has 1 heterocycles. The van der Waals surface area contributed by atoms with Gasteiger partial charge >= 0.3 is 0 Å². The van der Waals surface area contributed by atoms with Crippen LogP contribution in [0.15, 0.2) is 36.4 Å². The fourth-order valence-electron chi connectivity index (χ4n) is 2.33. The summed E-state index contributed by atoms with van der Waals surface area (Å²) in [6.07, 6.45) is 1.05. The van der Waals surface area contributed by atoms with Crippen molar-refractivity contribution < 1.29 is 0 Å². The zero-order chi connectivity index (χ0) is 17.6. The lowest BCUT2D eigenvalue weighted by molar-refractivity contribution is 0.405. The molecule has 0 aliphatic heterocycles. The van der Waals surface area contributed by atoms with Gasteiger partial charge in [0.15, 0.2) is 0 Å². The second kappa shape index (κ2) is 8.11. The van der Waals surface area contributed by atoms with Crippen LogP contribution in [0.5, 0.6) is 0 Å². The van der Waals surface area contributed by atoms with Crippen molar-refractivity contribution >= 4 is 11.8 Å². The maximum Gasteiger partial charge on any atom is 0.225 e. The second-order valence-corrected chi connectivity index (χ2v) is 7.29. The lowest BCUT2D eigenvalue weighted by Crippen LogP contribution is -2.27. The number of hydrogen-bond acceptors (Lipinski definition) is 5. The zero-order valence-corrected chi connectivity index (χ0v) is 15.4. The summed E-state index contributed by atoms with van der Waals surface area (Å²) in [6, 6.07) is 12.2. The molecule has 0 unspecified atom stereocenters. The number of anilines is 2. The topological polar surface area (TPSA) is 53.1 Å². The van der Waals surface area contributed by atoms with Crippen molar-refractivity contribution in [2.24, 2.45) is 0 Å². The first-order chi connectivity index (χ1) is 11.3. The van der Waals surface area contributed by atoms with Gasteiger partial charge < -0.3 is 15.5 Å². The Kier molecular flexibility index (Phi) is 6.15. The fraction of sp³-hybridized carbons (Fsp3) is 0.474. The molecule has 0 fully saturated rings. The van der Waals surface area contributed by atoms with Gasteiger partial charge in [0.05, 0.1) is 5.69 Å². The largest absolute Gasteiger partial charge is 0.365 e. The van der Waals surface area contributed by atoms with E-state index in [9.17, 15) is 0 Å². The molecule has 0 aliphatic rings.